The number of carbonyl (C=O) groups is 1. The molecule has 0 spiro atoms. The third-order valence-electron chi connectivity index (χ3n) is 3.20. The molecule has 0 aliphatic rings. The molecule has 5 heteroatoms. The molecule has 0 unspecified atom stereocenters. The van der Waals surface area contributed by atoms with Crippen LogP contribution in [-0.2, 0) is 11.3 Å². The zero-order chi connectivity index (χ0) is 15.4. The maximum Gasteiger partial charge on any atom is 0.242 e. The van der Waals surface area contributed by atoms with E-state index in [-0.39, 0.29) is 18.3 Å². The monoisotopic (exact) mass is 290 g/mol. The molecule has 2 rings (SSSR count). The van der Waals surface area contributed by atoms with Gasteiger partial charge in [0.15, 0.2) is 0 Å². The van der Waals surface area contributed by atoms with Crippen LogP contribution >= 0.6 is 0 Å². The maximum absolute atomic E-state index is 13.9. The van der Waals surface area contributed by atoms with Crippen molar-refractivity contribution in [3.63, 3.8) is 0 Å². The van der Waals surface area contributed by atoms with Gasteiger partial charge in [-0.1, -0.05) is 18.2 Å². The van der Waals surface area contributed by atoms with E-state index in [1.807, 2.05) is 19.1 Å². The lowest BCUT2D eigenvalue weighted by atomic mass is 10.0. The molecule has 4 nitrogen and oxygen atoms in total. The van der Waals surface area contributed by atoms with Crippen LogP contribution in [0.1, 0.15) is 23.1 Å². The minimum Gasteiger partial charge on any atom is -0.465 e. The summed E-state index contributed by atoms with van der Waals surface area (Å²) in [7, 11) is 3.49. The first-order valence-corrected chi connectivity index (χ1v) is 6.73. The van der Waals surface area contributed by atoms with Crippen molar-refractivity contribution in [1.82, 2.24) is 10.2 Å². The van der Waals surface area contributed by atoms with Gasteiger partial charge in [0.05, 0.1) is 6.54 Å². The van der Waals surface area contributed by atoms with Gasteiger partial charge in [0, 0.05) is 5.56 Å². The fourth-order valence-corrected chi connectivity index (χ4v) is 2.20. The molecule has 0 aliphatic carbocycles. The number of nitrogens with zero attached hydrogens (tertiary/aromatic N) is 1. The smallest absolute Gasteiger partial charge is 0.242 e. The molecule has 112 valence electrons. The van der Waals surface area contributed by atoms with Gasteiger partial charge in [-0.15, -0.1) is 0 Å². The molecule has 1 amide bonds. The number of aryl methyl sites for hydroxylation is 1. The molecule has 0 radical (unpaired) electrons. The zero-order valence-corrected chi connectivity index (χ0v) is 12.4. The van der Waals surface area contributed by atoms with E-state index in [0.717, 1.165) is 5.76 Å². The van der Waals surface area contributed by atoms with E-state index in [1.54, 1.807) is 37.2 Å². The van der Waals surface area contributed by atoms with E-state index in [4.69, 9.17) is 4.42 Å². The highest BCUT2D eigenvalue weighted by Crippen LogP contribution is 2.21. The number of nitrogens with one attached hydrogen (secondary N) is 1. The summed E-state index contributed by atoms with van der Waals surface area (Å²) in [5, 5.41) is 2.78. The number of amides is 1. The number of likely N-dealkylation sites (N-methyl/N-ethyl adjacent to an activating group) is 1. The van der Waals surface area contributed by atoms with E-state index in [9.17, 15) is 9.18 Å². The second-order valence-electron chi connectivity index (χ2n) is 5.12. The SMILES string of the molecule is Cc1ccc(CNC(=O)[C@H](c2ccccc2F)N(C)C)o1. The minimum absolute atomic E-state index is 0.265. The molecule has 2 aromatic rings. The van der Waals surface area contributed by atoms with Gasteiger partial charge in [-0.2, -0.15) is 0 Å². The zero-order valence-electron chi connectivity index (χ0n) is 12.4. The Labute approximate surface area is 123 Å². The van der Waals surface area contributed by atoms with Crippen LogP contribution in [0, 0.1) is 12.7 Å². The normalized spacial score (nSPS) is 12.4. The largest absolute Gasteiger partial charge is 0.465 e. The average Bonchev–Trinajstić information content (AvgIpc) is 2.84. The van der Waals surface area contributed by atoms with E-state index >= 15 is 0 Å². The fourth-order valence-electron chi connectivity index (χ4n) is 2.20. The molecular formula is C16H19FN2O2. The van der Waals surface area contributed by atoms with Crippen LogP contribution < -0.4 is 5.32 Å². The van der Waals surface area contributed by atoms with Crippen LogP contribution in [0.25, 0.3) is 0 Å². The molecule has 1 N–H and O–H groups in total. The van der Waals surface area contributed by atoms with E-state index in [0.29, 0.717) is 11.3 Å². The van der Waals surface area contributed by atoms with Crippen molar-refractivity contribution in [2.45, 2.75) is 19.5 Å². The number of hydrogen-bond donors (Lipinski definition) is 1. The third kappa shape index (κ3) is 3.70. The molecule has 1 atom stereocenters. The topological polar surface area (TPSA) is 45.5 Å². The molecule has 1 aromatic heterocycles. The number of halogens is 1. The lowest BCUT2D eigenvalue weighted by Crippen LogP contribution is -2.37. The average molecular weight is 290 g/mol. The van der Waals surface area contributed by atoms with Crippen molar-refractivity contribution in [2.75, 3.05) is 14.1 Å². The number of furan rings is 1. The molecule has 0 saturated carbocycles. The van der Waals surface area contributed by atoms with Gasteiger partial charge in [-0.3, -0.25) is 9.69 Å². The first-order chi connectivity index (χ1) is 9.99. The Kier molecular flexibility index (Phi) is 4.75. The van der Waals surface area contributed by atoms with Crippen molar-refractivity contribution < 1.29 is 13.6 Å². The molecule has 0 aliphatic heterocycles. The van der Waals surface area contributed by atoms with Crippen LogP contribution in [-0.4, -0.2) is 24.9 Å². The molecule has 0 saturated heterocycles. The van der Waals surface area contributed by atoms with Crippen LogP contribution in [0.5, 0.6) is 0 Å². The quantitative estimate of drug-likeness (QED) is 0.920. The first kappa shape index (κ1) is 15.3. The summed E-state index contributed by atoms with van der Waals surface area (Å²) >= 11 is 0. The summed E-state index contributed by atoms with van der Waals surface area (Å²) in [6, 6.07) is 9.27. The number of hydrogen-bond acceptors (Lipinski definition) is 3. The highest BCUT2D eigenvalue weighted by atomic mass is 19.1. The second-order valence-corrected chi connectivity index (χ2v) is 5.12. The molecular weight excluding hydrogens is 271 g/mol. The summed E-state index contributed by atoms with van der Waals surface area (Å²) in [6.07, 6.45) is 0. The molecule has 0 bridgehead atoms. The van der Waals surface area contributed by atoms with Gasteiger partial charge in [0.1, 0.15) is 23.4 Å². The Bertz CT molecular complexity index is 622. The van der Waals surface area contributed by atoms with Crippen molar-refractivity contribution in [3.05, 3.63) is 59.3 Å². The second kappa shape index (κ2) is 6.54. The third-order valence-corrected chi connectivity index (χ3v) is 3.20. The predicted molar refractivity (Wildman–Crippen MR) is 78.1 cm³/mol. The Morgan fingerprint density at radius 2 is 2.00 bits per heavy atom. The van der Waals surface area contributed by atoms with Crippen molar-refractivity contribution >= 4 is 5.91 Å². The van der Waals surface area contributed by atoms with E-state index in [1.165, 1.54) is 6.07 Å². The lowest BCUT2D eigenvalue weighted by molar-refractivity contribution is -0.126. The fraction of sp³-hybridized carbons (Fsp3) is 0.312. The molecule has 0 fully saturated rings. The van der Waals surface area contributed by atoms with Crippen LogP contribution in [0.3, 0.4) is 0 Å². The van der Waals surface area contributed by atoms with Crippen LogP contribution in [0.2, 0.25) is 0 Å². The van der Waals surface area contributed by atoms with Gasteiger partial charge in [-0.25, -0.2) is 4.39 Å². The van der Waals surface area contributed by atoms with Crippen molar-refractivity contribution in [1.29, 1.82) is 0 Å². The Morgan fingerprint density at radius 1 is 1.29 bits per heavy atom. The first-order valence-electron chi connectivity index (χ1n) is 6.73. The molecule has 1 aromatic carbocycles. The predicted octanol–water partition coefficient (Wildman–Crippen LogP) is 2.65. The van der Waals surface area contributed by atoms with Gasteiger partial charge >= 0.3 is 0 Å². The summed E-state index contributed by atoms with van der Waals surface area (Å²) < 4.78 is 19.3. The van der Waals surface area contributed by atoms with Crippen LogP contribution in [0.4, 0.5) is 4.39 Å². The molecule has 1 heterocycles. The summed E-state index contributed by atoms with van der Waals surface area (Å²) in [4.78, 5) is 14.0. The van der Waals surface area contributed by atoms with E-state index in [2.05, 4.69) is 5.32 Å². The minimum atomic E-state index is -0.678. The highest BCUT2D eigenvalue weighted by Gasteiger charge is 2.25. The Morgan fingerprint density at radius 3 is 2.57 bits per heavy atom. The Hall–Kier alpha value is -2.14. The number of carbonyl (C=O) groups excluding carboxylic acids is 1. The highest BCUT2D eigenvalue weighted by molar-refractivity contribution is 5.83. The summed E-state index contributed by atoms with van der Waals surface area (Å²) in [5.74, 6) is 0.809. The Balaban J connectivity index is 2.11. The lowest BCUT2D eigenvalue weighted by Gasteiger charge is -2.24. The van der Waals surface area contributed by atoms with Gasteiger partial charge < -0.3 is 9.73 Å². The van der Waals surface area contributed by atoms with Crippen LogP contribution in [0.15, 0.2) is 40.8 Å². The number of rotatable bonds is 5. The maximum atomic E-state index is 13.9. The number of benzene rings is 1. The summed E-state index contributed by atoms with van der Waals surface area (Å²) in [5.41, 5.74) is 0.357. The van der Waals surface area contributed by atoms with Gasteiger partial charge in [0.25, 0.3) is 0 Å². The standard InChI is InChI=1S/C16H19FN2O2/c1-11-8-9-12(21-11)10-18-16(20)15(19(2)3)13-6-4-5-7-14(13)17/h4-9,15H,10H2,1-3H3,(H,18,20)/t15-/m0/s1. The summed E-state index contributed by atoms with van der Waals surface area (Å²) in [6.45, 7) is 2.12. The van der Waals surface area contributed by atoms with E-state index < -0.39 is 6.04 Å². The van der Waals surface area contributed by atoms with Gasteiger partial charge in [0.2, 0.25) is 5.91 Å². The van der Waals surface area contributed by atoms with Gasteiger partial charge in [-0.05, 0) is 39.2 Å². The van der Waals surface area contributed by atoms with Crippen molar-refractivity contribution in [2.24, 2.45) is 0 Å². The van der Waals surface area contributed by atoms with Crippen molar-refractivity contribution in [3.8, 4) is 0 Å². The molecule has 21 heavy (non-hydrogen) atoms.